The van der Waals surface area contributed by atoms with Crippen molar-refractivity contribution in [3.63, 3.8) is 0 Å². The highest BCUT2D eigenvalue weighted by atomic mass is 32.2. The maximum Gasteiger partial charge on any atom is 0.261 e. The largest absolute Gasteiger partial charge is 0.405 e. The summed E-state index contributed by atoms with van der Waals surface area (Å²) in [5, 5.41) is 12.3. The van der Waals surface area contributed by atoms with Gasteiger partial charge in [0.1, 0.15) is 0 Å². The van der Waals surface area contributed by atoms with Gasteiger partial charge < -0.3 is 19.0 Å². The number of hydrogen-bond donors (Lipinski definition) is 1. The first-order chi connectivity index (χ1) is 18.1. The summed E-state index contributed by atoms with van der Waals surface area (Å²) in [6, 6.07) is 28.6. The van der Waals surface area contributed by atoms with E-state index in [0.29, 0.717) is 0 Å². The molecule has 0 aromatic heterocycles. The molecule has 0 unspecified atom stereocenters. The van der Waals surface area contributed by atoms with Crippen LogP contribution in [0.25, 0.3) is 0 Å². The molecule has 0 spiro atoms. The van der Waals surface area contributed by atoms with Crippen molar-refractivity contribution < 1.29 is 27.4 Å². The van der Waals surface area contributed by atoms with Gasteiger partial charge in [-0.3, -0.25) is 0 Å². The predicted octanol–water partition coefficient (Wildman–Crippen LogP) is 4.17. The van der Waals surface area contributed by atoms with E-state index < -0.39 is 35.8 Å². The van der Waals surface area contributed by atoms with E-state index in [9.17, 15) is 13.5 Å². The summed E-state index contributed by atoms with van der Waals surface area (Å²) in [4.78, 5) is 0.205. The Morgan fingerprint density at radius 1 is 0.763 bits per heavy atom. The van der Waals surface area contributed by atoms with Gasteiger partial charge in [-0.25, -0.2) is 8.42 Å². The SMILES string of the molecule is COC(C[C@@H](C[C@H](O)CO[Si](c1ccccc1)(c1ccccc1)C(C)(C)C)S(=O)(=O)c1ccccc1)OC. The van der Waals surface area contributed by atoms with Crippen LogP contribution in [0.5, 0.6) is 0 Å². The predicted molar refractivity (Wildman–Crippen MR) is 154 cm³/mol. The van der Waals surface area contributed by atoms with Crippen LogP contribution in [0.15, 0.2) is 95.9 Å². The average Bonchev–Trinajstić information content (AvgIpc) is 2.92. The summed E-state index contributed by atoms with van der Waals surface area (Å²) in [6.45, 7) is 6.49. The molecule has 0 aliphatic rings. The highest BCUT2D eigenvalue weighted by Crippen LogP contribution is 2.37. The molecule has 0 fully saturated rings. The number of hydrogen-bond acceptors (Lipinski definition) is 6. The quantitative estimate of drug-likeness (QED) is 0.251. The molecule has 38 heavy (non-hydrogen) atoms. The summed E-state index contributed by atoms with van der Waals surface area (Å²) in [6.07, 6.45) is -1.67. The number of sulfone groups is 1. The van der Waals surface area contributed by atoms with Crippen molar-refractivity contribution in [1.29, 1.82) is 0 Å². The number of ether oxygens (including phenoxy) is 2. The molecule has 3 aromatic carbocycles. The van der Waals surface area contributed by atoms with E-state index in [-0.39, 0.29) is 29.4 Å². The topological polar surface area (TPSA) is 82.1 Å². The molecule has 0 saturated heterocycles. The highest BCUT2D eigenvalue weighted by Gasteiger charge is 2.50. The zero-order chi connectivity index (χ0) is 27.8. The minimum absolute atomic E-state index is 0.00127. The molecule has 0 aliphatic carbocycles. The van der Waals surface area contributed by atoms with Crippen molar-refractivity contribution >= 4 is 28.5 Å². The first-order valence-electron chi connectivity index (χ1n) is 12.8. The second kappa shape index (κ2) is 13.1. The third-order valence-corrected chi connectivity index (χ3v) is 14.1. The van der Waals surface area contributed by atoms with E-state index in [1.807, 2.05) is 36.4 Å². The number of methoxy groups -OCH3 is 2. The molecule has 0 saturated carbocycles. The van der Waals surface area contributed by atoms with Crippen molar-refractivity contribution in [2.75, 3.05) is 20.8 Å². The minimum Gasteiger partial charge on any atom is -0.405 e. The molecule has 0 bridgehead atoms. The van der Waals surface area contributed by atoms with E-state index in [1.165, 1.54) is 14.2 Å². The highest BCUT2D eigenvalue weighted by molar-refractivity contribution is 7.92. The van der Waals surface area contributed by atoms with E-state index in [4.69, 9.17) is 13.9 Å². The molecule has 3 rings (SSSR count). The zero-order valence-electron chi connectivity index (χ0n) is 22.9. The molecule has 6 nitrogen and oxygen atoms in total. The Labute approximate surface area is 228 Å². The van der Waals surface area contributed by atoms with Gasteiger partial charge in [0.25, 0.3) is 8.32 Å². The maximum absolute atomic E-state index is 13.6. The lowest BCUT2D eigenvalue weighted by Crippen LogP contribution is -2.67. The van der Waals surface area contributed by atoms with Crippen LogP contribution < -0.4 is 10.4 Å². The van der Waals surface area contributed by atoms with E-state index in [0.717, 1.165) is 10.4 Å². The van der Waals surface area contributed by atoms with Crippen LogP contribution in [0.3, 0.4) is 0 Å². The summed E-state index contributed by atoms with van der Waals surface area (Å²) in [7, 11) is -3.69. The van der Waals surface area contributed by atoms with Crippen LogP contribution >= 0.6 is 0 Å². The fourth-order valence-electron chi connectivity index (χ4n) is 5.01. The Bertz CT molecular complexity index is 1170. The second-order valence-electron chi connectivity index (χ2n) is 10.5. The van der Waals surface area contributed by atoms with Gasteiger partial charge in [0, 0.05) is 20.6 Å². The Balaban J connectivity index is 1.94. The first-order valence-corrected chi connectivity index (χ1v) is 16.3. The summed E-state index contributed by atoms with van der Waals surface area (Å²) < 4.78 is 44.7. The molecule has 3 aromatic rings. The molecule has 206 valence electrons. The summed E-state index contributed by atoms with van der Waals surface area (Å²) in [5.74, 6) is 0. The molecular formula is C30H40O6SSi. The van der Waals surface area contributed by atoms with Gasteiger partial charge in [-0.2, -0.15) is 0 Å². The van der Waals surface area contributed by atoms with Crippen LogP contribution in [0.1, 0.15) is 33.6 Å². The van der Waals surface area contributed by atoms with Gasteiger partial charge >= 0.3 is 0 Å². The average molecular weight is 557 g/mol. The monoisotopic (exact) mass is 556 g/mol. The molecular weight excluding hydrogens is 516 g/mol. The number of aliphatic hydroxyl groups excluding tert-OH is 1. The molecule has 0 amide bonds. The van der Waals surface area contributed by atoms with Gasteiger partial charge in [0.2, 0.25) is 0 Å². The van der Waals surface area contributed by atoms with Crippen molar-refractivity contribution in [2.45, 2.75) is 61.2 Å². The van der Waals surface area contributed by atoms with Crippen LogP contribution in [0.2, 0.25) is 5.04 Å². The van der Waals surface area contributed by atoms with Gasteiger partial charge in [0.15, 0.2) is 16.1 Å². The van der Waals surface area contributed by atoms with Gasteiger partial charge in [-0.1, -0.05) is 99.6 Å². The number of benzene rings is 3. The first kappa shape index (κ1) is 30.2. The van der Waals surface area contributed by atoms with Crippen molar-refractivity contribution in [3.8, 4) is 0 Å². The molecule has 0 aliphatic heterocycles. The lowest BCUT2D eigenvalue weighted by atomic mass is 10.1. The van der Waals surface area contributed by atoms with Crippen LogP contribution in [0, 0.1) is 0 Å². The maximum atomic E-state index is 13.6. The number of aliphatic hydroxyl groups is 1. The number of rotatable bonds is 13. The van der Waals surface area contributed by atoms with E-state index in [2.05, 4.69) is 45.0 Å². The zero-order valence-corrected chi connectivity index (χ0v) is 24.7. The fraction of sp³-hybridized carbons (Fsp3) is 0.400. The van der Waals surface area contributed by atoms with Crippen molar-refractivity contribution in [2.24, 2.45) is 0 Å². The normalized spacial score (nSPS) is 14.4. The molecule has 1 N–H and O–H groups in total. The second-order valence-corrected chi connectivity index (χ2v) is 17.0. The molecule has 0 radical (unpaired) electrons. The van der Waals surface area contributed by atoms with E-state index >= 15 is 0 Å². The van der Waals surface area contributed by atoms with Crippen molar-refractivity contribution in [3.05, 3.63) is 91.0 Å². The minimum atomic E-state index is -3.76. The van der Waals surface area contributed by atoms with Gasteiger partial charge in [-0.05, 0) is 34.0 Å². The van der Waals surface area contributed by atoms with Crippen LogP contribution in [-0.4, -0.2) is 60.3 Å². The summed E-state index contributed by atoms with van der Waals surface area (Å²) in [5.41, 5.74) is 0. The smallest absolute Gasteiger partial charge is 0.261 e. The third kappa shape index (κ3) is 6.80. The van der Waals surface area contributed by atoms with Crippen LogP contribution in [-0.2, 0) is 23.7 Å². The van der Waals surface area contributed by atoms with E-state index in [1.54, 1.807) is 30.3 Å². The molecule has 8 heteroatoms. The Morgan fingerprint density at radius 3 is 1.63 bits per heavy atom. The third-order valence-electron chi connectivity index (χ3n) is 6.94. The Morgan fingerprint density at radius 2 is 1.21 bits per heavy atom. The van der Waals surface area contributed by atoms with Crippen molar-refractivity contribution in [1.82, 2.24) is 0 Å². The standard InChI is InChI=1S/C30H40O6SSi/c1-30(2,3)38(27-17-11-7-12-18-27,28-19-13-8-14-20-28)36-23-24(31)21-26(22-29(34-4)35-5)37(32,33)25-15-9-6-10-16-25/h6-20,24,26,29,31H,21-23H2,1-5H3/t24-,26+/m0/s1. The lowest BCUT2D eigenvalue weighted by Gasteiger charge is -2.43. The van der Waals surface area contributed by atoms with Crippen LogP contribution in [0.4, 0.5) is 0 Å². The molecule has 2 atom stereocenters. The summed E-state index contributed by atoms with van der Waals surface area (Å²) >= 11 is 0. The fourth-order valence-corrected chi connectivity index (χ4v) is 11.4. The Hall–Kier alpha value is -2.33. The Kier molecular flexibility index (Phi) is 10.5. The van der Waals surface area contributed by atoms with Gasteiger partial charge in [-0.15, -0.1) is 0 Å². The molecule has 0 heterocycles. The van der Waals surface area contributed by atoms with Gasteiger partial charge in [0.05, 0.1) is 22.9 Å². The lowest BCUT2D eigenvalue weighted by molar-refractivity contribution is -0.107.